The number of rotatable bonds is 6. The first-order valence-electron chi connectivity index (χ1n) is 10.3. The van der Waals surface area contributed by atoms with E-state index >= 15 is 0 Å². The van der Waals surface area contributed by atoms with Gasteiger partial charge < -0.3 is 9.73 Å². The lowest BCUT2D eigenvalue weighted by molar-refractivity contribution is -0.384. The molecule has 0 unspecified atom stereocenters. The molecule has 1 aliphatic rings. The monoisotopic (exact) mass is 446 g/mol. The molecule has 166 valence electrons. The van der Waals surface area contributed by atoms with Gasteiger partial charge in [0.1, 0.15) is 11.5 Å². The van der Waals surface area contributed by atoms with Crippen molar-refractivity contribution >= 4 is 17.4 Å². The fraction of sp³-hybridized carbons (Fsp3) is 0.182. The molecule has 0 spiro atoms. The van der Waals surface area contributed by atoms with Gasteiger partial charge in [0, 0.05) is 23.8 Å². The van der Waals surface area contributed by atoms with Crippen LogP contribution in [0.3, 0.4) is 0 Å². The van der Waals surface area contributed by atoms with Gasteiger partial charge in [-0.25, -0.2) is 4.98 Å². The van der Waals surface area contributed by atoms with Gasteiger partial charge in [-0.1, -0.05) is 12.1 Å². The number of benzene rings is 1. The highest BCUT2D eigenvalue weighted by Gasteiger charge is 2.21. The van der Waals surface area contributed by atoms with Crippen LogP contribution < -0.4 is 10.9 Å². The molecule has 5 rings (SSSR count). The van der Waals surface area contributed by atoms with Gasteiger partial charge in [-0.15, -0.1) is 0 Å². The zero-order chi connectivity index (χ0) is 22.9. The number of aryl methyl sites for hydroxylation is 1. The van der Waals surface area contributed by atoms with E-state index in [0.29, 0.717) is 41.2 Å². The Balaban J connectivity index is 1.46. The van der Waals surface area contributed by atoms with Crippen LogP contribution in [0.2, 0.25) is 0 Å². The molecule has 0 saturated carbocycles. The minimum Gasteiger partial charge on any atom is -0.463 e. The number of carbonyl (C=O) groups is 1. The van der Waals surface area contributed by atoms with Crippen molar-refractivity contribution < 1.29 is 14.1 Å². The van der Waals surface area contributed by atoms with E-state index in [1.165, 1.54) is 35.2 Å². The van der Waals surface area contributed by atoms with Crippen LogP contribution in [-0.4, -0.2) is 30.6 Å². The Kier molecular flexibility index (Phi) is 5.05. The van der Waals surface area contributed by atoms with Crippen molar-refractivity contribution in [3.8, 4) is 17.4 Å². The van der Waals surface area contributed by atoms with E-state index in [0.717, 1.165) is 12.1 Å². The number of hydrogen-bond donors (Lipinski definition) is 2. The van der Waals surface area contributed by atoms with Gasteiger partial charge in [0.15, 0.2) is 5.76 Å². The zero-order valence-corrected chi connectivity index (χ0v) is 17.3. The van der Waals surface area contributed by atoms with Gasteiger partial charge in [-0.3, -0.25) is 24.7 Å². The van der Waals surface area contributed by atoms with Crippen LogP contribution in [0.4, 0.5) is 11.5 Å². The van der Waals surface area contributed by atoms with Gasteiger partial charge in [-0.2, -0.15) is 9.78 Å². The molecule has 11 heteroatoms. The number of hydrogen-bond acceptors (Lipinski definition) is 7. The molecule has 0 bridgehead atoms. The molecule has 3 heterocycles. The first-order valence-corrected chi connectivity index (χ1v) is 10.3. The van der Waals surface area contributed by atoms with E-state index in [1.807, 2.05) is 0 Å². The quantitative estimate of drug-likeness (QED) is 0.342. The van der Waals surface area contributed by atoms with E-state index in [2.05, 4.69) is 20.4 Å². The van der Waals surface area contributed by atoms with Crippen LogP contribution in [0.1, 0.15) is 23.2 Å². The third-order valence-electron chi connectivity index (χ3n) is 5.39. The number of H-pyrrole nitrogens is 1. The third kappa shape index (κ3) is 4.03. The molecule has 4 aromatic rings. The van der Waals surface area contributed by atoms with Crippen molar-refractivity contribution in [2.45, 2.75) is 25.7 Å². The average molecular weight is 446 g/mol. The highest BCUT2D eigenvalue weighted by Crippen LogP contribution is 2.25. The number of carbonyl (C=O) groups excluding carboxylic acids is 1. The molecule has 2 N–H and O–H groups in total. The van der Waals surface area contributed by atoms with Crippen LogP contribution >= 0.6 is 0 Å². The Morgan fingerprint density at radius 1 is 1.24 bits per heavy atom. The molecule has 0 radical (unpaired) electrons. The predicted octanol–water partition coefficient (Wildman–Crippen LogP) is 2.79. The summed E-state index contributed by atoms with van der Waals surface area (Å²) in [7, 11) is 0. The number of aromatic amines is 1. The van der Waals surface area contributed by atoms with Crippen LogP contribution in [0.25, 0.3) is 17.4 Å². The van der Waals surface area contributed by atoms with Gasteiger partial charge in [0.05, 0.1) is 23.3 Å². The second kappa shape index (κ2) is 8.19. The lowest BCUT2D eigenvalue weighted by atomic mass is 10.1. The largest absolute Gasteiger partial charge is 0.463 e. The Bertz CT molecular complexity index is 1400. The topological polar surface area (TPSA) is 149 Å². The van der Waals surface area contributed by atoms with E-state index < -0.39 is 4.92 Å². The summed E-state index contributed by atoms with van der Waals surface area (Å²) in [5.74, 6) is 0.626. The maximum atomic E-state index is 12.7. The summed E-state index contributed by atoms with van der Waals surface area (Å²) in [4.78, 5) is 42.9. The van der Waals surface area contributed by atoms with Crippen LogP contribution in [0.15, 0.2) is 57.9 Å². The van der Waals surface area contributed by atoms with Crippen molar-refractivity contribution in [1.29, 1.82) is 0 Å². The summed E-state index contributed by atoms with van der Waals surface area (Å²) in [6.45, 7) is 0. The molecular weight excluding hydrogens is 428 g/mol. The SMILES string of the molecule is O=C(Cc1ccc([N+](=O)[O-])cc1)Nc1cc(-c2ccco2)nn1-c1nc2c(c(=O)[nH]1)CCC2. The third-order valence-corrected chi connectivity index (χ3v) is 5.39. The fourth-order valence-corrected chi connectivity index (χ4v) is 3.81. The minimum absolute atomic E-state index is 0.00655. The number of nitro groups is 1. The number of nitrogens with zero attached hydrogens (tertiary/aromatic N) is 4. The number of fused-ring (bicyclic) bond motifs is 1. The van der Waals surface area contributed by atoms with E-state index in [1.54, 1.807) is 18.2 Å². The predicted molar refractivity (Wildman–Crippen MR) is 117 cm³/mol. The summed E-state index contributed by atoms with van der Waals surface area (Å²) >= 11 is 0. The molecule has 0 saturated heterocycles. The molecule has 1 amide bonds. The lowest BCUT2D eigenvalue weighted by Gasteiger charge is -2.09. The number of nitro benzene ring substituents is 1. The molecule has 0 fully saturated rings. The van der Waals surface area contributed by atoms with Crippen LogP contribution in [0, 0.1) is 10.1 Å². The molecule has 33 heavy (non-hydrogen) atoms. The van der Waals surface area contributed by atoms with Crippen LogP contribution in [0.5, 0.6) is 0 Å². The second-order valence-corrected chi connectivity index (χ2v) is 7.62. The molecule has 3 aromatic heterocycles. The normalized spacial score (nSPS) is 12.5. The highest BCUT2D eigenvalue weighted by molar-refractivity contribution is 5.92. The maximum absolute atomic E-state index is 12.7. The van der Waals surface area contributed by atoms with Crippen molar-refractivity contribution in [3.05, 3.63) is 86.0 Å². The first-order chi connectivity index (χ1) is 16.0. The maximum Gasteiger partial charge on any atom is 0.269 e. The number of nitrogens with one attached hydrogen (secondary N) is 2. The van der Waals surface area contributed by atoms with Crippen molar-refractivity contribution in [3.63, 3.8) is 0 Å². The lowest BCUT2D eigenvalue weighted by Crippen LogP contribution is -2.21. The Hall–Kier alpha value is -4.54. The van der Waals surface area contributed by atoms with E-state index in [-0.39, 0.29) is 29.5 Å². The van der Waals surface area contributed by atoms with E-state index in [4.69, 9.17) is 4.42 Å². The number of non-ortho nitro benzene ring substituents is 1. The number of anilines is 1. The summed E-state index contributed by atoms with van der Waals surface area (Å²) in [6, 6.07) is 10.8. The fourth-order valence-electron chi connectivity index (χ4n) is 3.81. The van der Waals surface area contributed by atoms with Gasteiger partial charge >= 0.3 is 0 Å². The zero-order valence-electron chi connectivity index (χ0n) is 17.3. The van der Waals surface area contributed by atoms with Crippen LogP contribution in [-0.2, 0) is 24.1 Å². The molecule has 1 aromatic carbocycles. The molecule has 1 aliphatic carbocycles. The van der Waals surface area contributed by atoms with Gasteiger partial charge in [-0.05, 0) is 37.0 Å². The summed E-state index contributed by atoms with van der Waals surface area (Å²) in [5.41, 5.74) is 2.21. The van der Waals surface area contributed by atoms with Gasteiger partial charge in [0.2, 0.25) is 11.9 Å². The average Bonchev–Trinajstić information content (AvgIpc) is 3.54. The van der Waals surface area contributed by atoms with Crippen molar-refractivity contribution in [1.82, 2.24) is 19.7 Å². The van der Waals surface area contributed by atoms with E-state index in [9.17, 15) is 19.7 Å². The van der Waals surface area contributed by atoms with Gasteiger partial charge in [0.25, 0.3) is 11.2 Å². The summed E-state index contributed by atoms with van der Waals surface area (Å²) < 4.78 is 6.78. The first kappa shape index (κ1) is 20.4. The molecule has 0 aliphatic heterocycles. The Morgan fingerprint density at radius 3 is 2.79 bits per heavy atom. The summed E-state index contributed by atoms with van der Waals surface area (Å²) in [6.07, 6.45) is 3.77. The smallest absolute Gasteiger partial charge is 0.269 e. The summed E-state index contributed by atoms with van der Waals surface area (Å²) in [5, 5.41) is 18.1. The van der Waals surface area contributed by atoms with Crippen molar-refractivity contribution in [2.24, 2.45) is 0 Å². The minimum atomic E-state index is -0.497. The molecule has 0 atom stereocenters. The number of aromatic nitrogens is 4. The molecule has 11 nitrogen and oxygen atoms in total. The van der Waals surface area contributed by atoms with Crippen molar-refractivity contribution in [2.75, 3.05) is 5.32 Å². The second-order valence-electron chi connectivity index (χ2n) is 7.62. The molecular formula is C22H18N6O5. The Morgan fingerprint density at radius 2 is 2.06 bits per heavy atom. The standard InChI is InChI=1S/C22H18N6O5/c29-20(11-13-6-8-14(9-7-13)28(31)32)24-19-12-17(18-5-2-10-33-18)26-27(19)22-23-16-4-1-3-15(16)21(30)25-22/h2,5-10,12H,1,3-4,11H2,(H,24,29)(H,23,25,30). The number of furan rings is 1. The Labute approximate surface area is 186 Å². The highest BCUT2D eigenvalue weighted by atomic mass is 16.6. The number of amides is 1.